The summed E-state index contributed by atoms with van der Waals surface area (Å²) in [6.45, 7) is 5.17. The van der Waals surface area contributed by atoms with Crippen LogP contribution in [0.5, 0.6) is 0 Å². The van der Waals surface area contributed by atoms with Crippen LogP contribution < -0.4 is 4.90 Å². The van der Waals surface area contributed by atoms with Crippen LogP contribution in [0.4, 0.5) is 5.95 Å². The molecule has 8 heteroatoms. The Hall–Kier alpha value is -2.35. The number of carbonyl (C=O) groups excluding carboxylic acids is 3. The van der Waals surface area contributed by atoms with Crippen molar-refractivity contribution in [2.75, 3.05) is 44.2 Å². The van der Waals surface area contributed by atoms with Gasteiger partial charge in [0.05, 0.1) is 0 Å². The number of Topliss-reactive ketones (excluding diaryl/α,β-unsaturated/α-hetero) is 1. The van der Waals surface area contributed by atoms with Crippen molar-refractivity contribution in [3.05, 3.63) is 18.5 Å². The van der Waals surface area contributed by atoms with E-state index in [1.165, 1.54) is 4.90 Å². The van der Waals surface area contributed by atoms with Gasteiger partial charge in [0.1, 0.15) is 5.78 Å². The maximum Gasteiger partial charge on any atom is 0.230 e. The van der Waals surface area contributed by atoms with Gasteiger partial charge in [-0.05, 0) is 38.3 Å². The molecule has 0 atom stereocenters. The minimum Gasteiger partial charge on any atom is -0.338 e. The molecule has 3 fully saturated rings. The van der Waals surface area contributed by atoms with Crippen LogP contribution in [0.25, 0.3) is 0 Å². The van der Waals surface area contributed by atoms with Crippen molar-refractivity contribution in [1.29, 1.82) is 0 Å². The number of piperidine rings is 1. The third kappa shape index (κ3) is 4.32. The van der Waals surface area contributed by atoms with Gasteiger partial charge < -0.3 is 4.90 Å². The maximum absolute atomic E-state index is 12.5. The first kappa shape index (κ1) is 19.9. The van der Waals surface area contributed by atoms with Crippen LogP contribution in [-0.2, 0) is 14.4 Å². The standard InChI is InChI=1S/C21H29N5O3/c27-17-5-3-6-21(17)15-18(28)26(19(29)16-21)10-2-1-9-24-11-13-25(14-12-24)20-22-7-4-8-23-20/h4,7-8H,1-3,5-6,9-16H2. The summed E-state index contributed by atoms with van der Waals surface area (Å²) >= 11 is 0. The zero-order valence-electron chi connectivity index (χ0n) is 16.9. The number of piperazine rings is 1. The van der Waals surface area contributed by atoms with Crippen LogP contribution in [0.1, 0.15) is 44.9 Å². The molecule has 0 N–H and O–H groups in total. The van der Waals surface area contributed by atoms with E-state index in [1.54, 1.807) is 12.4 Å². The number of hydrogen-bond acceptors (Lipinski definition) is 7. The molecule has 3 aliphatic rings. The number of imide groups is 1. The average molecular weight is 399 g/mol. The van der Waals surface area contributed by atoms with Crippen LogP contribution in [0.3, 0.4) is 0 Å². The molecule has 0 radical (unpaired) electrons. The van der Waals surface area contributed by atoms with E-state index in [-0.39, 0.29) is 30.4 Å². The molecular weight excluding hydrogens is 370 g/mol. The van der Waals surface area contributed by atoms with Crippen LogP contribution in [0.15, 0.2) is 18.5 Å². The lowest BCUT2D eigenvalue weighted by Gasteiger charge is -2.36. The lowest BCUT2D eigenvalue weighted by Crippen LogP contribution is -2.50. The Labute approximate surface area is 171 Å². The van der Waals surface area contributed by atoms with Crippen molar-refractivity contribution in [3.8, 4) is 0 Å². The molecule has 2 saturated heterocycles. The highest BCUT2D eigenvalue weighted by molar-refractivity contribution is 6.04. The number of amides is 2. The maximum atomic E-state index is 12.5. The van der Waals surface area contributed by atoms with Crippen molar-refractivity contribution in [2.45, 2.75) is 44.9 Å². The summed E-state index contributed by atoms with van der Waals surface area (Å²) in [5.74, 6) is 0.577. The van der Waals surface area contributed by atoms with Crippen molar-refractivity contribution < 1.29 is 14.4 Å². The number of nitrogens with zero attached hydrogens (tertiary/aromatic N) is 5. The molecule has 1 aromatic rings. The highest BCUT2D eigenvalue weighted by atomic mass is 16.2. The molecule has 3 heterocycles. The summed E-state index contributed by atoms with van der Waals surface area (Å²) in [6, 6.07) is 1.82. The predicted octanol–water partition coefficient (Wildman–Crippen LogP) is 1.27. The number of aromatic nitrogens is 2. The van der Waals surface area contributed by atoms with Gasteiger partial charge in [0.2, 0.25) is 17.8 Å². The third-order valence-electron chi connectivity index (χ3n) is 6.55. The second-order valence-electron chi connectivity index (χ2n) is 8.43. The van der Waals surface area contributed by atoms with Gasteiger partial charge >= 0.3 is 0 Å². The normalized spacial score (nSPS) is 22.7. The molecule has 4 rings (SSSR count). The first-order valence-corrected chi connectivity index (χ1v) is 10.7. The molecule has 8 nitrogen and oxygen atoms in total. The molecule has 1 aliphatic carbocycles. The fourth-order valence-corrected chi connectivity index (χ4v) is 4.82. The predicted molar refractivity (Wildman–Crippen MR) is 107 cm³/mol. The highest BCUT2D eigenvalue weighted by Gasteiger charge is 2.50. The van der Waals surface area contributed by atoms with E-state index in [0.717, 1.165) is 57.9 Å². The number of ketones is 1. The quantitative estimate of drug-likeness (QED) is 0.526. The van der Waals surface area contributed by atoms with Crippen molar-refractivity contribution in [2.24, 2.45) is 5.41 Å². The molecule has 2 amide bonds. The van der Waals surface area contributed by atoms with E-state index < -0.39 is 5.41 Å². The largest absolute Gasteiger partial charge is 0.338 e. The smallest absolute Gasteiger partial charge is 0.230 e. The Morgan fingerprint density at radius 2 is 1.55 bits per heavy atom. The number of anilines is 1. The van der Waals surface area contributed by atoms with Gasteiger partial charge in [-0.25, -0.2) is 9.97 Å². The molecule has 156 valence electrons. The molecule has 1 spiro atoms. The van der Waals surface area contributed by atoms with Gasteiger partial charge in [-0.1, -0.05) is 0 Å². The topological polar surface area (TPSA) is 86.7 Å². The van der Waals surface area contributed by atoms with Crippen LogP contribution >= 0.6 is 0 Å². The summed E-state index contributed by atoms with van der Waals surface area (Å²) in [5, 5.41) is 0. The van der Waals surface area contributed by atoms with Gasteiger partial charge in [-0.3, -0.25) is 24.2 Å². The Morgan fingerprint density at radius 3 is 2.17 bits per heavy atom. The molecule has 29 heavy (non-hydrogen) atoms. The van der Waals surface area contributed by atoms with E-state index in [2.05, 4.69) is 19.8 Å². The summed E-state index contributed by atoms with van der Waals surface area (Å²) in [6.07, 6.45) is 7.75. The van der Waals surface area contributed by atoms with Gasteiger partial charge in [0.25, 0.3) is 0 Å². The molecule has 1 aromatic heterocycles. The number of rotatable bonds is 6. The molecule has 2 aliphatic heterocycles. The number of unbranched alkanes of at least 4 members (excludes halogenated alkanes) is 1. The lowest BCUT2D eigenvalue weighted by molar-refractivity contribution is -0.156. The van der Waals surface area contributed by atoms with E-state index in [1.807, 2.05) is 6.07 Å². The summed E-state index contributed by atoms with van der Waals surface area (Å²) in [7, 11) is 0. The number of hydrogen-bond donors (Lipinski definition) is 0. The fourth-order valence-electron chi connectivity index (χ4n) is 4.82. The summed E-state index contributed by atoms with van der Waals surface area (Å²) in [5.41, 5.74) is -0.674. The van der Waals surface area contributed by atoms with Gasteiger partial charge in [-0.2, -0.15) is 0 Å². The average Bonchev–Trinajstić information content (AvgIpc) is 3.07. The Balaban J connectivity index is 1.17. The SMILES string of the molecule is O=C1CC2(CCCC2=O)CC(=O)N1CCCCN1CCN(c2ncccn2)CC1. The fraction of sp³-hybridized carbons (Fsp3) is 0.667. The minimum absolute atomic E-state index is 0.110. The molecule has 1 saturated carbocycles. The van der Waals surface area contributed by atoms with E-state index in [9.17, 15) is 14.4 Å². The minimum atomic E-state index is -0.674. The summed E-state index contributed by atoms with van der Waals surface area (Å²) < 4.78 is 0. The molecule has 0 unspecified atom stereocenters. The first-order valence-electron chi connectivity index (χ1n) is 10.7. The third-order valence-corrected chi connectivity index (χ3v) is 6.55. The van der Waals surface area contributed by atoms with E-state index in [0.29, 0.717) is 19.4 Å². The van der Waals surface area contributed by atoms with E-state index in [4.69, 9.17) is 0 Å². The number of likely N-dealkylation sites (tertiary alicyclic amines) is 1. The van der Waals surface area contributed by atoms with Gasteiger partial charge in [-0.15, -0.1) is 0 Å². The van der Waals surface area contributed by atoms with Crippen molar-refractivity contribution in [3.63, 3.8) is 0 Å². The van der Waals surface area contributed by atoms with Gasteiger partial charge in [0, 0.05) is 69.8 Å². The molecular formula is C21H29N5O3. The van der Waals surface area contributed by atoms with E-state index >= 15 is 0 Å². The second kappa shape index (κ2) is 8.57. The zero-order valence-corrected chi connectivity index (χ0v) is 16.9. The second-order valence-corrected chi connectivity index (χ2v) is 8.43. The van der Waals surface area contributed by atoms with Crippen molar-refractivity contribution >= 4 is 23.5 Å². The first-order chi connectivity index (χ1) is 14.1. The van der Waals surface area contributed by atoms with Crippen molar-refractivity contribution in [1.82, 2.24) is 19.8 Å². The summed E-state index contributed by atoms with van der Waals surface area (Å²) in [4.78, 5) is 51.8. The Morgan fingerprint density at radius 1 is 0.897 bits per heavy atom. The zero-order chi connectivity index (χ0) is 20.3. The number of carbonyl (C=O) groups is 3. The van der Waals surface area contributed by atoms with Crippen LogP contribution in [-0.4, -0.2) is 76.6 Å². The van der Waals surface area contributed by atoms with Crippen LogP contribution in [0.2, 0.25) is 0 Å². The van der Waals surface area contributed by atoms with Gasteiger partial charge in [0.15, 0.2) is 0 Å². The lowest BCUT2D eigenvalue weighted by atomic mass is 9.75. The highest BCUT2D eigenvalue weighted by Crippen LogP contribution is 2.44. The Kier molecular flexibility index (Phi) is 5.89. The Bertz CT molecular complexity index is 743. The van der Waals surface area contributed by atoms with Crippen LogP contribution in [0, 0.1) is 5.41 Å². The monoisotopic (exact) mass is 399 g/mol. The molecule has 0 aromatic carbocycles. The molecule has 0 bridgehead atoms.